The number of rotatable bonds is 7. The summed E-state index contributed by atoms with van der Waals surface area (Å²) in [5.74, 6) is -2.95. The first-order chi connectivity index (χ1) is 7.14. The summed E-state index contributed by atoms with van der Waals surface area (Å²) in [5.41, 5.74) is 0. The van der Waals surface area contributed by atoms with Gasteiger partial charge >= 0.3 is 19.5 Å². The average Bonchev–Trinajstić information content (AvgIpc) is 2.09. The highest BCUT2D eigenvalue weighted by molar-refractivity contribution is 7.54. The van der Waals surface area contributed by atoms with Gasteiger partial charge in [0.1, 0.15) is 11.4 Å². The van der Waals surface area contributed by atoms with Crippen molar-refractivity contribution in [3.63, 3.8) is 0 Å². The lowest BCUT2D eigenvalue weighted by molar-refractivity contribution is -0.140. The van der Waals surface area contributed by atoms with E-state index in [1.807, 2.05) is 0 Å². The van der Waals surface area contributed by atoms with Crippen LogP contribution >= 0.6 is 7.60 Å². The second-order valence-corrected chi connectivity index (χ2v) is 5.21. The molecular weight excluding hydrogens is 243 g/mol. The quantitative estimate of drug-likeness (QED) is 0.349. The van der Waals surface area contributed by atoms with Crippen LogP contribution in [0.1, 0.15) is 19.3 Å². The van der Waals surface area contributed by atoms with Crippen LogP contribution < -0.4 is 0 Å². The van der Waals surface area contributed by atoms with Crippen molar-refractivity contribution in [3.8, 4) is 0 Å². The molecule has 0 amide bonds. The molecule has 0 aromatic rings. The Morgan fingerprint density at radius 1 is 1.19 bits per heavy atom. The van der Waals surface area contributed by atoms with Crippen LogP contribution in [0, 0.1) is 0 Å². The topological polar surface area (TPSA) is 149 Å². The number of aliphatic carboxylic acids is 2. The van der Waals surface area contributed by atoms with Crippen LogP contribution in [-0.2, 0) is 18.9 Å². The zero-order valence-corrected chi connectivity index (χ0v) is 8.96. The summed E-state index contributed by atoms with van der Waals surface area (Å²) in [7, 11) is -5.03. The van der Waals surface area contributed by atoms with E-state index >= 15 is 0 Å². The van der Waals surface area contributed by atoms with Crippen LogP contribution in [0.5, 0.6) is 0 Å². The van der Waals surface area contributed by atoms with Gasteiger partial charge in [-0.25, -0.2) is 0 Å². The fourth-order valence-corrected chi connectivity index (χ4v) is 1.97. The molecule has 0 spiro atoms. The lowest BCUT2D eigenvalue weighted by Gasteiger charge is -2.26. The molecular formula is C7H11O8P. The standard InChI is InChI=1S/C7H11O8P/c8-4-7(3-6(11)12,16(13,14)15)2-1-5(9)10/h4H,1-3H2,(H,9,10)(H,11,12)(H2,13,14,15)/t7-/m0/s1. The predicted octanol–water partition coefficient (Wildman–Crippen LogP) is -0.559. The molecule has 0 aliphatic heterocycles. The first kappa shape index (κ1) is 14.8. The summed E-state index contributed by atoms with van der Waals surface area (Å²) >= 11 is 0. The van der Waals surface area contributed by atoms with E-state index in [2.05, 4.69) is 0 Å². The average molecular weight is 254 g/mol. The van der Waals surface area contributed by atoms with E-state index in [9.17, 15) is 18.9 Å². The Morgan fingerprint density at radius 3 is 1.94 bits per heavy atom. The fraction of sp³-hybridized carbons (Fsp3) is 0.571. The van der Waals surface area contributed by atoms with Crippen molar-refractivity contribution in [2.45, 2.75) is 24.4 Å². The molecule has 0 aliphatic carbocycles. The Hall–Kier alpha value is -1.24. The Labute approximate surface area is 90.1 Å². The zero-order chi connectivity index (χ0) is 13.0. The number of carbonyl (C=O) groups excluding carboxylic acids is 1. The minimum Gasteiger partial charge on any atom is -0.481 e. The van der Waals surface area contributed by atoms with Gasteiger partial charge in [-0.2, -0.15) is 0 Å². The van der Waals surface area contributed by atoms with E-state index in [4.69, 9.17) is 20.0 Å². The molecule has 0 rings (SSSR count). The monoisotopic (exact) mass is 254 g/mol. The van der Waals surface area contributed by atoms with Gasteiger partial charge in [0, 0.05) is 6.42 Å². The largest absolute Gasteiger partial charge is 0.481 e. The Morgan fingerprint density at radius 2 is 1.69 bits per heavy atom. The maximum absolute atomic E-state index is 11.0. The summed E-state index contributed by atoms with van der Waals surface area (Å²) < 4.78 is 11.0. The Bertz CT molecular complexity index is 344. The second-order valence-electron chi connectivity index (χ2n) is 3.23. The van der Waals surface area contributed by atoms with E-state index in [1.54, 1.807) is 0 Å². The molecule has 9 heteroatoms. The molecule has 0 radical (unpaired) electrons. The minimum absolute atomic E-state index is 0.176. The lowest BCUT2D eigenvalue weighted by Crippen LogP contribution is -2.34. The molecule has 0 aliphatic rings. The van der Waals surface area contributed by atoms with Gasteiger partial charge in [0.25, 0.3) is 0 Å². The molecule has 0 fully saturated rings. The van der Waals surface area contributed by atoms with Gasteiger partial charge in [0.15, 0.2) is 0 Å². The van der Waals surface area contributed by atoms with E-state index < -0.39 is 44.0 Å². The third-order valence-corrected chi connectivity index (χ3v) is 3.68. The molecule has 0 saturated heterocycles. The molecule has 0 saturated carbocycles. The van der Waals surface area contributed by atoms with Gasteiger partial charge in [-0.15, -0.1) is 0 Å². The van der Waals surface area contributed by atoms with Crippen LogP contribution in [0.4, 0.5) is 0 Å². The SMILES string of the molecule is O=C[C@](CCC(=O)O)(CC(=O)O)P(=O)(O)O. The molecule has 0 bridgehead atoms. The lowest BCUT2D eigenvalue weighted by atomic mass is 10.00. The van der Waals surface area contributed by atoms with E-state index in [0.717, 1.165) is 0 Å². The maximum Gasteiger partial charge on any atom is 0.339 e. The van der Waals surface area contributed by atoms with E-state index in [1.165, 1.54) is 0 Å². The smallest absolute Gasteiger partial charge is 0.339 e. The molecule has 0 aromatic carbocycles. The maximum atomic E-state index is 11.0. The van der Waals surface area contributed by atoms with Gasteiger partial charge in [0.2, 0.25) is 0 Å². The first-order valence-electron chi connectivity index (χ1n) is 4.10. The molecule has 92 valence electrons. The predicted molar refractivity (Wildman–Crippen MR) is 50.0 cm³/mol. The highest BCUT2D eigenvalue weighted by atomic mass is 31.2. The van der Waals surface area contributed by atoms with E-state index in [-0.39, 0.29) is 6.29 Å². The fourth-order valence-electron chi connectivity index (χ4n) is 1.09. The van der Waals surface area contributed by atoms with Crippen molar-refractivity contribution in [2.75, 3.05) is 0 Å². The second kappa shape index (κ2) is 5.20. The highest BCUT2D eigenvalue weighted by Gasteiger charge is 2.48. The van der Waals surface area contributed by atoms with Crippen LogP contribution in [0.3, 0.4) is 0 Å². The number of hydrogen-bond donors (Lipinski definition) is 4. The van der Waals surface area contributed by atoms with E-state index in [0.29, 0.717) is 0 Å². The summed E-state index contributed by atoms with van der Waals surface area (Å²) in [6, 6.07) is 0. The van der Waals surface area contributed by atoms with Crippen molar-refractivity contribution >= 4 is 25.8 Å². The van der Waals surface area contributed by atoms with Crippen molar-refractivity contribution in [2.24, 2.45) is 0 Å². The third kappa shape index (κ3) is 3.73. The Kier molecular flexibility index (Phi) is 4.80. The number of carboxylic acid groups (broad SMARTS) is 2. The summed E-state index contributed by atoms with van der Waals surface area (Å²) in [6.07, 6.45) is -2.70. The van der Waals surface area contributed by atoms with Crippen LogP contribution in [-0.4, -0.2) is 43.4 Å². The van der Waals surface area contributed by atoms with Gasteiger partial charge in [-0.3, -0.25) is 14.2 Å². The summed E-state index contributed by atoms with van der Waals surface area (Å²) in [5, 5.41) is 14.4. The molecule has 4 N–H and O–H groups in total. The van der Waals surface area contributed by atoms with Gasteiger partial charge in [-0.1, -0.05) is 0 Å². The normalized spacial score (nSPS) is 15.1. The summed E-state index contributed by atoms with van der Waals surface area (Å²) in [6.45, 7) is 0. The molecule has 0 unspecified atom stereocenters. The third-order valence-electron chi connectivity index (χ3n) is 2.03. The molecule has 16 heavy (non-hydrogen) atoms. The van der Waals surface area contributed by atoms with Crippen molar-refractivity contribution < 1.29 is 38.9 Å². The molecule has 8 nitrogen and oxygen atoms in total. The van der Waals surface area contributed by atoms with Gasteiger partial charge in [-0.05, 0) is 6.42 Å². The molecule has 1 atom stereocenters. The minimum atomic E-state index is -5.03. The highest BCUT2D eigenvalue weighted by Crippen LogP contribution is 2.53. The van der Waals surface area contributed by atoms with Gasteiger partial charge in [0.05, 0.1) is 6.42 Å². The number of carbonyl (C=O) groups is 3. The van der Waals surface area contributed by atoms with Crippen molar-refractivity contribution in [3.05, 3.63) is 0 Å². The van der Waals surface area contributed by atoms with Crippen LogP contribution in [0.2, 0.25) is 0 Å². The first-order valence-corrected chi connectivity index (χ1v) is 5.71. The number of hydrogen-bond acceptors (Lipinski definition) is 4. The van der Waals surface area contributed by atoms with Crippen molar-refractivity contribution in [1.82, 2.24) is 0 Å². The van der Waals surface area contributed by atoms with Crippen LogP contribution in [0.15, 0.2) is 0 Å². The summed E-state index contributed by atoms with van der Waals surface area (Å²) in [4.78, 5) is 49.2. The van der Waals surface area contributed by atoms with Crippen LogP contribution in [0.25, 0.3) is 0 Å². The molecule has 0 aromatic heterocycles. The number of carboxylic acids is 2. The molecule has 0 heterocycles. The van der Waals surface area contributed by atoms with Gasteiger partial charge < -0.3 is 24.8 Å². The Balaban J connectivity index is 5.12. The van der Waals surface area contributed by atoms with Crippen molar-refractivity contribution in [1.29, 1.82) is 0 Å². The number of aldehydes is 1. The zero-order valence-electron chi connectivity index (χ0n) is 8.07.